The topological polar surface area (TPSA) is 57.7 Å². The lowest BCUT2D eigenvalue weighted by Gasteiger charge is -2.31. The van der Waals surface area contributed by atoms with Gasteiger partial charge in [-0.05, 0) is 32.2 Å². The molecule has 0 radical (unpaired) electrons. The van der Waals surface area contributed by atoms with E-state index in [4.69, 9.17) is 4.74 Å². The number of fused-ring (bicyclic) bond motifs is 1. The molecule has 0 saturated carbocycles. The third kappa shape index (κ3) is 4.80. The fraction of sp³-hybridized carbons (Fsp3) is 0.500. The summed E-state index contributed by atoms with van der Waals surface area (Å²) in [5.41, 5.74) is 0.883. The minimum Gasteiger partial charge on any atom is -0.494 e. The van der Waals surface area contributed by atoms with Crippen LogP contribution in [0.5, 0.6) is 5.75 Å². The molecule has 0 unspecified atom stereocenters. The summed E-state index contributed by atoms with van der Waals surface area (Å²) in [5, 5.41) is 3.56. The van der Waals surface area contributed by atoms with Gasteiger partial charge in [-0.2, -0.15) is 0 Å². The van der Waals surface area contributed by atoms with Gasteiger partial charge in [0.2, 0.25) is 5.91 Å². The molecule has 1 N–H and O–H groups in total. The first-order valence-electron chi connectivity index (χ1n) is 7.88. The second-order valence-corrected chi connectivity index (χ2v) is 6.74. The number of likely N-dealkylation sites (N-methyl/N-ethyl adjacent to an activating group) is 1. The molecule has 1 aliphatic rings. The molecule has 3 rings (SSSR count). The second-order valence-electron chi connectivity index (χ2n) is 5.71. The quantitative estimate of drug-likeness (QED) is 0.875. The Kier molecular flexibility index (Phi) is 6.79. The summed E-state index contributed by atoms with van der Waals surface area (Å²) in [6.07, 6.45) is 0. The number of amides is 1. The van der Waals surface area contributed by atoms with Gasteiger partial charge in [0.25, 0.3) is 0 Å². The van der Waals surface area contributed by atoms with Crippen LogP contribution in [0, 0.1) is 0 Å². The molecule has 0 aliphatic carbocycles. The number of hydrogen-bond acceptors (Lipinski definition) is 6. The van der Waals surface area contributed by atoms with E-state index in [0.717, 1.165) is 42.1 Å². The van der Waals surface area contributed by atoms with Crippen LogP contribution in [0.3, 0.4) is 0 Å². The lowest BCUT2D eigenvalue weighted by molar-refractivity contribution is -0.117. The summed E-state index contributed by atoms with van der Waals surface area (Å²) >= 11 is 1.48. The van der Waals surface area contributed by atoms with Gasteiger partial charge in [0, 0.05) is 26.2 Å². The third-order valence-electron chi connectivity index (χ3n) is 3.88. The highest BCUT2D eigenvalue weighted by molar-refractivity contribution is 7.22. The standard InChI is InChI=1S/C16H22N4O2S.ClH/c1-3-22-12-4-5-13-14(10-12)23-16(17-13)18-15(21)11-20-8-6-19(2)7-9-20;/h4-5,10H,3,6-9,11H2,1-2H3,(H,17,18,21);1H. The molecule has 8 heteroatoms. The van der Waals surface area contributed by atoms with Gasteiger partial charge < -0.3 is 15.0 Å². The SMILES string of the molecule is CCOc1ccc2nc(NC(=O)CN3CCN(C)CC3)sc2c1.Cl. The molecule has 2 aromatic rings. The zero-order valence-electron chi connectivity index (χ0n) is 13.9. The number of anilines is 1. The number of carbonyl (C=O) groups excluding carboxylic acids is 1. The lowest BCUT2D eigenvalue weighted by atomic mass is 10.3. The maximum Gasteiger partial charge on any atom is 0.240 e. The van der Waals surface area contributed by atoms with Crippen molar-refractivity contribution < 1.29 is 9.53 Å². The average molecular weight is 371 g/mol. The van der Waals surface area contributed by atoms with Gasteiger partial charge in [-0.15, -0.1) is 12.4 Å². The minimum absolute atomic E-state index is 0. The van der Waals surface area contributed by atoms with E-state index in [0.29, 0.717) is 18.3 Å². The number of carbonyl (C=O) groups is 1. The van der Waals surface area contributed by atoms with Crippen LogP contribution < -0.4 is 10.1 Å². The molecule has 1 aliphatic heterocycles. The molecule has 6 nitrogen and oxygen atoms in total. The molecule has 0 atom stereocenters. The Morgan fingerprint density at radius 3 is 2.79 bits per heavy atom. The zero-order valence-corrected chi connectivity index (χ0v) is 15.6. The molecule has 24 heavy (non-hydrogen) atoms. The van der Waals surface area contributed by atoms with Gasteiger partial charge in [0.1, 0.15) is 5.75 Å². The van der Waals surface area contributed by atoms with Crippen LogP contribution in [0.1, 0.15) is 6.92 Å². The van der Waals surface area contributed by atoms with Gasteiger partial charge in [-0.3, -0.25) is 9.69 Å². The Morgan fingerprint density at radius 1 is 1.33 bits per heavy atom. The average Bonchev–Trinajstić information content (AvgIpc) is 2.91. The minimum atomic E-state index is -0.00126. The van der Waals surface area contributed by atoms with Gasteiger partial charge in [0.05, 0.1) is 23.4 Å². The molecule has 1 aromatic carbocycles. The maximum atomic E-state index is 12.2. The van der Waals surface area contributed by atoms with E-state index in [-0.39, 0.29) is 18.3 Å². The molecular weight excluding hydrogens is 348 g/mol. The fourth-order valence-electron chi connectivity index (χ4n) is 2.58. The number of nitrogens with one attached hydrogen (secondary N) is 1. The first-order valence-corrected chi connectivity index (χ1v) is 8.70. The van der Waals surface area contributed by atoms with Crippen molar-refractivity contribution in [2.24, 2.45) is 0 Å². The summed E-state index contributed by atoms with van der Waals surface area (Å²) in [4.78, 5) is 21.1. The molecule has 132 valence electrons. The molecule has 1 fully saturated rings. The summed E-state index contributed by atoms with van der Waals surface area (Å²) in [7, 11) is 2.11. The van der Waals surface area contributed by atoms with Crippen molar-refractivity contribution in [3.63, 3.8) is 0 Å². The van der Waals surface area contributed by atoms with Crippen LogP contribution in [0.4, 0.5) is 5.13 Å². The van der Waals surface area contributed by atoms with Crippen molar-refractivity contribution in [1.29, 1.82) is 0 Å². The smallest absolute Gasteiger partial charge is 0.240 e. The monoisotopic (exact) mass is 370 g/mol. The predicted molar refractivity (Wildman–Crippen MR) is 101 cm³/mol. The third-order valence-corrected chi connectivity index (χ3v) is 4.81. The molecule has 1 aromatic heterocycles. The molecule has 0 spiro atoms. The van der Waals surface area contributed by atoms with Gasteiger partial charge in [-0.1, -0.05) is 11.3 Å². The number of ether oxygens (including phenoxy) is 1. The zero-order chi connectivity index (χ0) is 16.2. The van der Waals surface area contributed by atoms with Crippen LogP contribution in [0.2, 0.25) is 0 Å². The molecule has 1 amide bonds. The van der Waals surface area contributed by atoms with Crippen LogP contribution in [0.15, 0.2) is 18.2 Å². The molecule has 2 heterocycles. The van der Waals surface area contributed by atoms with Gasteiger partial charge in [-0.25, -0.2) is 4.98 Å². The van der Waals surface area contributed by atoms with E-state index >= 15 is 0 Å². The summed E-state index contributed by atoms with van der Waals surface area (Å²) < 4.78 is 6.51. The maximum absolute atomic E-state index is 12.2. The molecular formula is C16H23ClN4O2S. The van der Waals surface area contributed by atoms with E-state index in [2.05, 4.69) is 27.1 Å². The summed E-state index contributed by atoms with van der Waals surface area (Å²) in [6.45, 7) is 6.90. The van der Waals surface area contributed by atoms with E-state index < -0.39 is 0 Å². The van der Waals surface area contributed by atoms with Crippen molar-refractivity contribution in [1.82, 2.24) is 14.8 Å². The Bertz CT molecular complexity index is 686. The molecule has 1 saturated heterocycles. The largest absolute Gasteiger partial charge is 0.494 e. The number of rotatable bonds is 5. The summed E-state index contributed by atoms with van der Waals surface area (Å²) in [6, 6.07) is 5.79. The Hall–Kier alpha value is -1.41. The number of thiazole rings is 1. The number of piperazine rings is 1. The van der Waals surface area contributed by atoms with Crippen LogP contribution in [0.25, 0.3) is 10.2 Å². The van der Waals surface area contributed by atoms with E-state index in [1.165, 1.54) is 11.3 Å². The highest BCUT2D eigenvalue weighted by Gasteiger charge is 2.17. The Labute approximate surface area is 152 Å². The lowest BCUT2D eigenvalue weighted by Crippen LogP contribution is -2.47. The van der Waals surface area contributed by atoms with Crippen molar-refractivity contribution in [2.45, 2.75) is 6.92 Å². The Morgan fingerprint density at radius 2 is 2.08 bits per heavy atom. The number of hydrogen-bond donors (Lipinski definition) is 1. The highest BCUT2D eigenvalue weighted by atomic mass is 35.5. The first-order chi connectivity index (χ1) is 11.1. The molecule has 0 bridgehead atoms. The normalized spacial score (nSPS) is 15.9. The van der Waals surface area contributed by atoms with Crippen molar-refractivity contribution >= 4 is 45.0 Å². The fourth-order valence-corrected chi connectivity index (χ4v) is 3.49. The van der Waals surface area contributed by atoms with Crippen molar-refractivity contribution in [3.8, 4) is 5.75 Å². The van der Waals surface area contributed by atoms with Gasteiger partial charge >= 0.3 is 0 Å². The van der Waals surface area contributed by atoms with E-state index in [1.807, 2.05) is 25.1 Å². The van der Waals surface area contributed by atoms with Gasteiger partial charge in [0.15, 0.2) is 5.13 Å². The summed E-state index contributed by atoms with van der Waals surface area (Å²) in [5.74, 6) is 0.831. The van der Waals surface area contributed by atoms with Crippen LogP contribution >= 0.6 is 23.7 Å². The number of benzene rings is 1. The number of halogens is 1. The van der Waals surface area contributed by atoms with Crippen LogP contribution in [-0.4, -0.2) is 67.1 Å². The number of aromatic nitrogens is 1. The number of nitrogens with zero attached hydrogens (tertiary/aromatic N) is 3. The first kappa shape index (κ1) is 18.9. The highest BCUT2D eigenvalue weighted by Crippen LogP contribution is 2.29. The second kappa shape index (κ2) is 8.62. The van der Waals surface area contributed by atoms with E-state index in [1.54, 1.807) is 0 Å². The predicted octanol–water partition coefficient (Wildman–Crippen LogP) is 2.30. The van der Waals surface area contributed by atoms with E-state index in [9.17, 15) is 4.79 Å². The Balaban J connectivity index is 0.00000208. The van der Waals surface area contributed by atoms with Crippen LogP contribution in [-0.2, 0) is 4.79 Å². The van der Waals surface area contributed by atoms with Crippen molar-refractivity contribution in [2.75, 3.05) is 51.7 Å². The van der Waals surface area contributed by atoms with Crippen molar-refractivity contribution in [3.05, 3.63) is 18.2 Å².